The number of carbonyl (C=O) groups is 1. The quantitative estimate of drug-likeness (QED) is 0.297. The molecule has 4 aromatic rings. The van der Waals surface area contributed by atoms with Gasteiger partial charge in [0.05, 0.1) is 29.0 Å². The number of amides is 1. The van der Waals surface area contributed by atoms with Crippen molar-refractivity contribution in [2.75, 3.05) is 0 Å². The number of hydrogen-bond acceptors (Lipinski definition) is 5. The molecule has 2 aromatic carbocycles. The fraction of sp³-hybridized carbons (Fsp3) is 0.227. The van der Waals surface area contributed by atoms with Crippen molar-refractivity contribution in [2.45, 2.75) is 37.3 Å². The highest BCUT2D eigenvalue weighted by Crippen LogP contribution is 2.25. The largest absolute Gasteiger partial charge is 0.467 e. The molecule has 0 saturated heterocycles. The lowest BCUT2D eigenvalue weighted by Crippen LogP contribution is -2.31. The molecule has 0 bridgehead atoms. The summed E-state index contributed by atoms with van der Waals surface area (Å²) in [5.74, 6) is 0.554. The Kier molecular flexibility index (Phi) is 5.40. The molecular formula is C22H21N3O3S. The molecule has 0 aliphatic rings. The SMILES string of the molecule is CCn1c(S[C@H](C)C(=O)NCc2ccco2)nc2cc3ccccc3cc2c1=O. The summed E-state index contributed by atoms with van der Waals surface area (Å²) in [5, 5.41) is 5.61. The van der Waals surface area contributed by atoms with Gasteiger partial charge in [0.1, 0.15) is 5.76 Å². The molecule has 1 amide bonds. The van der Waals surface area contributed by atoms with Crippen LogP contribution in [-0.2, 0) is 17.9 Å². The lowest BCUT2D eigenvalue weighted by molar-refractivity contribution is -0.120. The number of fused-ring (bicyclic) bond motifs is 2. The molecule has 0 aliphatic heterocycles. The zero-order valence-corrected chi connectivity index (χ0v) is 17.0. The molecule has 29 heavy (non-hydrogen) atoms. The first-order valence-corrected chi connectivity index (χ1v) is 10.3. The van der Waals surface area contributed by atoms with Crippen LogP contribution in [0.4, 0.5) is 0 Å². The van der Waals surface area contributed by atoms with Crippen molar-refractivity contribution in [3.05, 3.63) is 70.9 Å². The minimum Gasteiger partial charge on any atom is -0.467 e. The number of nitrogens with one attached hydrogen (secondary N) is 1. The standard InChI is InChI=1S/C22H21N3O3S/c1-3-25-21(27)18-11-15-7-4-5-8-16(15)12-19(18)24-22(25)29-14(2)20(26)23-13-17-9-6-10-28-17/h4-12,14H,3,13H2,1-2H3,(H,23,26)/t14-/m1/s1. The van der Waals surface area contributed by atoms with E-state index in [1.54, 1.807) is 23.8 Å². The van der Waals surface area contributed by atoms with E-state index in [4.69, 9.17) is 9.40 Å². The second-order valence-corrected chi connectivity index (χ2v) is 8.03. The Morgan fingerprint density at radius 3 is 2.66 bits per heavy atom. The third-order valence-electron chi connectivity index (χ3n) is 4.77. The molecule has 0 aliphatic carbocycles. The highest BCUT2D eigenvalue weighted by Gasteiger charge is 2.19. The number of rotatable bonds is 6. The molecule has 0 fully saturated rings. The summed E-state index contributed by atoms with van der Waals surface area (Å²) < 4.78 is 6.86. The van der Waals surface area contributed by atoms with E-state index < -0.39 is 5.25 Å². The van der Waals surface area contributed by atoms with Crippen molar-refractivity contribution in [3.8, 4) is 0 Å². The Bertz CT molecular complexity index is 1230. The van der Waals surface area contributed by atoms with Gasteiger partial charge in [0, 0.05) is 6.54 Å². The highest BCUT2D eigenvalue weighted by atomic mass is 32.2. The average Bonchev–Trinajstić information content (AvgIpc) is 3.25. The summed E-state index contributed by atoms with van der Waals surface area (Å²) in [5.41, 5.74) is 0.554. The van der Waals surface area contributed by atoms with Gasteiger partial charge in [-0.15, -0.1) is 0 Å². The minimum absolute atomic E-state index is 0.0889. The van der Waals surface area contributed by atoms with Crippen LogP contribution in [0.5, 0.6) is 0 Å². The first-order chi connectivity index (χ1) is 14.1. The summed E-state index contributed by atoms with van der Waals surface area (Å²) in [7, 11) is 0. The van der Waals surface area contributed by atoms with Gasteiger partial charge in [-0.3, -0.25) is 14.2 Å². The van der Waals surface area contributed by atoms with Crippen LogP contribution in [0.25, 0.3) is 21.7 Å². The number of benzene rings is 2. The van der Waals surface area contributed by atoms with E-state index in [0.29, 0.717) is 34.9 Å². The van der Waals surface area contributed by atoms with Crippen LogP contribution in [0.3, 0.4) is 0 Å². The van der Waals surface area contributed by atoms with Gasteiger partial charge in [-0.05, 0) is 48.9 Å². The van der Waals surface area contributed by atoms with Crippen molar-refractivity contribution in [2.24, 2.45) is 0 Å². The summed E-state index contributed by atoms with van der Waals surface area (Å²) in [6.45, 7) is 4.52. The van der Waals surface area contributed by atoms with E-state index in [1.165, 1.54) is 11.8 Å². The van der Waals surface area contributed by atoms with E-state index in [1.807, 2.05) is 49.4 Å². The first-order valence-electron chi connectivity index (χ1n) is 9.47. The zero-order chi connectivity index (χ0) is 20.4. The average molecular weight is 407 g/mol. The Labute approximate surface area is 171 Å². The van der Waals surface area contributed by atoms with Crippen LogP contribution in [0, 0.1) is 0 Å². The number of carbonyl (C=O) groups excluding carboxylic acids is 1. The van der Waals surface area contributed by atoms with Gasteiger partial charge >= 0.3 is 0 Å². The third-order valence-corrected chi connectivity index (χ3v) is 5.86. The fourth-order valence-electron chi connectivity index (χ4n) is 3.20. The van der Waals surface area contributed by atoms with Crippen LogP contribution in [0.15, 0.2) is 69.2 Å². The van der Waals surface area contributed by atoms with Crippen LogP contribution < -0.4 is 10.9 Å². The first kappa shape index (κ1) is 19.3. The fourth-order valence-corrected chi connectivity index (χ4v) is 4.20. The maximum atomic E-state index is 13.1. The van der Waals surface area contributed by atoms with Gasteiger partial charge in [0.25, 0.3) is 5.56 Å². The van der Waals surface area contributed by atoms with Gasteiger partial charge < -0.3 is 9.73 Å². The molecular weight excluding hydrogens is 386 g/mol. The van der Waals surface area contributed by atoms with Gasteiger partial charge in [-0.2, -0.15) is 0 Å². The van der Waals surface area contributed by atoms with Crippen molar-refractivity contribution in [1.29, 1.82) is 0 Å². The summed E-state index contributed by atoms with van der Waals surface area (Å²) in [6, 6.07) is 15.3. The molecule has 2 heterocycles. The molecule has 0 saturated carbocycles. The zero-order valence-electron chi connectivity index (χ0n) is 16.2. The molecule has 1 atom stereocenters. The van der Waals surface area contributed by atoms with Gasteiger partial charge in [0.2, 0.25) is 5.91 Å². The summed E-state index contributed by atoms with van der Waals surface area (Å²) >= 11 is 1.28. The second kappa shape index (κ2) is 8.13. The molecule has 4 rings (SSSR count). The molecule has 0 spiro atoms. The number of thioether (sulfide) groups is 1. The van der Waals surface area contributed by atoms with E-state index >= 15 is 0 Å². The van der Waals surface area contributed by atoms with Crippen LogP contribution in [0.1, 0.15) is 19.6 Å². The molecule has 148 valence electrons. The smallest absolute Gasteiger partial charge is 0.262 e. The van der Waals surface area contributed by atoms with Crippen LogP contribution in [0.2, 0.25) is 0 Å². The normalized spacial score (nSPS) is 12.3. The Morgan fingerprint density at radius 2 is 1.97 bits per heavy atom. The number of hydrogen-bond donors (Lipinski definition) is 1. The second-order valence-electron chi connectivity index (χ2n) is 6.72. The Hall–Kier alpha value is -3.06. The van der Waals surface area contributed by atoms with E-state index in [9.17, 15) is 9.59 Å². The molecule has 7 heteroatoms. The lowest BCUT2D eigenvalue weighted by Gasteiger charge is -2.15. The molecule has 6 nitrogen and oxygen atoms in total. The molecule has 1 N–H and O–H groups in total. The van der Waals surface area contributed by atoms with Crippen molar-refractivity contribution in [1.82, 2.24) is 14.9 Å². The highest BCUT2D eigenvalue weighted by molar-refractivity contribution is 8.00. The van der Waals surface area contributed by atoms with E-state index in [-0.39, 0.29) is 11.5 Å². The topological polar surface area (TPSA) is 77.1 Å². The summed E-state index contributed by atoms with van der Waals surface area (Å²) in [4.78, 5) is 30.2. The van der Waals surface area contributed by atoms with Crippen molar-refractivity contribution in [3.63, 3.8) is 0 Å². The lowest BCUT2D eigenvalue weighted by atomic mass is 10.1. The molecule has 2 aromatic heterocycles. The summed E-state index contributed by atoms with van der Waals surface area (Å²) in [6.07, 6.45) is 1.57. The maximum absolute atomic E-state index is 13.1. The predicted octanol–water partition coefficient (Wildman–Crippen LogP) is 3.96. The van der Waals surface area contributed by atoms with E-state index in [0.717, 1.165) is 10.8 Å². The van der Waals surface area contributed by atoms with Gasteiger partial charge in [-0.1, -0.05) is 36.0 Å². The van der Waals surface area contributed by atoms with Crippen molar-refractivity contribution >= 4 is 39.3 Å². The molecule has 0 unspecified atom stereocenters. The number of furan rings is 1. The third kappa shape index (κ3) is 3.91. The maximum Gasteiger partial charge on any atom is 0.262 e. The molecule has 0 radical (unpaired) electrons. The Balaban J connectivity index is 1.64. The number of nitrogens with zero attached hydrogens (tertiary/aromatic N) is 2. The van der Waals surface area contributed by atoms with Gasteiger partial charge in [-0.25, -0.2) is 4.98 Å². The van der Waals surface area contributed by atoms with Crippen LogP contribution in [-0.4, -0.2) is 20.7 Å². The Morgan fingerprint density at radius 1 is 1.21 bits per heavy atom. The van der Waals surface area contributed by atoms with E-state index in [2.05, 4.69) is 5.32 Å². The van der Waals surface area contributed by atoms with Crippen molar-refractivity contribution < 1.29 is 9.21 Å². The number of aromatic nitrogens is 2. The van der Waals surface area contributed by atoms with Gasteiger partial charge in [0.15, 0.2) is 5.16 Å². The van der Waals surface area contributed by atoms with Crippen LogP contribution >= 0.6 is 11.8 Å². The minimum atomic E-state index is -0.410. The monoisotopic (exact) mass is 407 g/mol. The predicted molar refractivity (Wildman–Crippen MR) is 115 cm³/mol.